The molecule has 2 aromatic heterocycles. The zero-order valence-corrected chi connectivity index (χ0v) is 17.5. The van der Waals surface area contributed by atoms with Crippen LogP contribution in [0.15, 0.2) is 35.3 Å². The van der Waals surface area contributed by atoms with Crippen LogP contribution in [0.25, 0.3) is 10.9 Å². The summed E-state index contributed by atoms with van der Waals surface area (Å²) in [5, 5.41) is 12.6. The molecule has 0 radical (unpaired) electrons. The third-order valence-corrected chi connectivity index (χ3v) is 4.94. The van der Waals surface area contributed by atoms with Crippen molar-refractivity contribution < 1.29 is 0 Å². The number of nitrogens with zero attached hydrogens (tertiary/aromatic N) is 3. The van der Waals surface area contributed by atoms with E-state index in [1.807, 2.05) is 6.92 Å². The largest absolute Gasteiger partial charge is 0.358 e. The smallest absolute Gasteiger partial charge is 0.191 e. The Balaban J connectivity index is 1.51. The Morgan fingerprint density at radius 2 is 2.00 bits per heavy atom. The number of aryl methyl sites for hydroxylation is 4. The molecular weight excluding hydrogens is 348 g/mol. The fourth-order valence-corrected chi connectivity index (χ4v) is 3.62. The number of aromatic nitrogens is 3. The summed E-state index contributed by atoms with van der Waals surface area (Å²) in [6.45, 7) is 11.8. The van der Waals surface area contributed by atoms with E-state index in [1.54, 1.807) is 0 Å². The van der Waals surface area contributed by atoms with Gasteiger partial charge in [0.2, 0.25) is 0 Å². The van der Waals surface area contributed by atoms with Gasteiger partial charge in [-0.3, -0.25) is 9.67 Å². The summed E-state index contributed by atoms with van der Waals surface area (Å²) in [5.41, 5.74) is 6.11. The van der Waals surface area contributed by atoms with Crippen molar-refractivity contribution in [1.82, 2.24) is 25.4 Å². The molecular formula is C22H32N6. The highest BCUT2D eigenvalue weighted by Crippen LogP contribution is 2.21. The SMILES string of the molecule is CCNC(=NCCCn1nc(C)cc1C)NCCc1c(C)[nH]c2ccccc12. The Hall–Kier alpha value is -2.76. The second-order valence-corrected chi connectivity index (χ2v) is 7.22. The molecule has 0 aliphatic heterocycles. The van der Waals surface area contributed by atoms with Gasteiger partial charge in [-0.05, 0) is 58.2 Å². The molecule has 0 spiro atoms. The van der Waals surface area contributed by atoms with Crippen LogP contribution in [-0.2, 0) is 13.0 Å². The first-order valence-corrected chi connectivity index (χ1v) is 10.2. The highest BCUT2D eigenvalue weighted by molar-refractivity contribution is 5.84. The Bertz CT molecular complexity index is 934. The van der Waals surface area contributed by atoms with E-state index in [0.717, 1.165) is 50.7 Å². The highest BCUT2D eigenvalue weighted by Gasteiger charge is 2.08. The van der Waals surface area contributed by atoms with Gasteiger partial charge in [0, 0.05) is 48.5 Å². The number of hydrogen-bond acceptors (Lipinski definition) is 2. The first-order valence-electron chi connectivity index (χ1n) is 10.2. The van der Waals surface area contributed by atoms with Crippen LogP contribution in [0.2, 0.25) is 0 Å². The van der Waals surface area contributed by atoms with Crippen LogP contribution in [0.3, 0.4) is 0 Å². The van der Waals surface area contributed by atoms with Crippen molar-refractivity contribution in [2.75, 3.05) is 19.6 Å². The molecule has 28 heavy (non-hydrogen) atoms. The lowest BCUT2D eigenvalue weighted by Gasteiger charge is -2.11. The van der Waals surface area contributed by atoms with Crippen molar-refractivity contribution in [3.8, 4) is 0 Å². The summed E-state index contributed by atoms with van der Waals surface area (Å²) in [4.78, 5) is 8.19. The van der Waals surface area contributed by atoms with Crippen molar-refractivity contribution >= 4 is 16.9 Å². The quantitative estimate of drug-likeness (QED) is 0.318. The first kappa shape index (κ1) is 20.0. The number of para-hydroxylation sites is 1. The van der Waals surface area contributed by atoms with E-state index in [-0.39, 0.29) is 0 Å². The summed E-state index contributed by atoms with van der Waals surface area (Å²) in [5.74, 6) is 0.883. The monoisotopic (exact) mass is 380 g/mol. The number of H-pyrrole nitrogens is 1. The minimum absolute atomic E-state index is 0.778. The molecule has 0 fully saturated rings. The third kappa shape index (κ3) is 4.94. The lowest BCUT2D eigenvalue weighted by Crippen LogP contribution is -2.38. The molecule has 3 rings (SSSR count). The molecule has 0 saturated heterocycles. The van der Waals surface area contributed by atoms with Crippen LogP contribution in [-0.4, -0.2) is 40.4 Å². The molecule has 6 nitrogen and oxygen atoms in total. The van der Waals surface area contributed by atoms with Crippen molar-refractivity contribution in [3.63, 3.8) is 0 Å². The predicted octanol–water partition coefficient (Wildman–Crippen LogP) is 3.48. The van der Waals surface area contributed by atoms with E-state index >= 15 is 0 Å². The fraction of sp³-hybridized carbons (Fsp3) is 0.455. The van der Waals surface area contributed by atoms with Crippen LogP contribution in [0.4, 0.5) is 0 Å². The normalized spacial score (nSPS) is 11.9. The molecule has 0 amide bonds. The Kier molecular flexibility index (Phi) is 6.74. The zero-order valence-electron chi connectivity index (χ0n) is 17.5. The van der Waals surface area contributed by atoms with Crippen LogP contribution in [0, 0.1) is 20.8 Å². The second kappa shape index (κ2) is 9.44. The summed E-state index contributed by atoms with van der Waals surface area (Å²) in [6.07, 6.45) is 1.94. The Labute approximate surface area is 167 Å². The molecule has 150 valence electrons. The molecule has 3 aromatic rings. The van der Waals surface area contributed by atoms with Gasteiger partial charge in [0.05, 0.1) is 5.69 Å². The van der Waals surface area contributed by atoms with Crippen LogP contribution in [0.1, 0.15) is 36.0 Å². The van der Waals surface area contributed by atoms with Gasteiger partial charge >= 0.3 is 0 Å². The lowest BCUT2D eigenvalue weighted by atomic mass is 10.1. The maximum atomic E-state index is 4.71. The third-order valence-electron chi connectivity index (χ3n) is 4.94. The lowest BCUT2D eigenvalue weighted by molar-refractivity contribution is 0.567. The van der Waals surface area contributed by atoms with Gasteiger partial charge < -0.3 is 15.6 Å². The van der Waals surface area contributed by atoms with Gasteiger partial charge in [0.25, 0.3) is 0 Å². The van der Waals surface area contributed by atoms with E-state index in [0.29, 0.717) is 0 Å². The fourth-order valence-electron chi connectivity index (χ4n) is 3.62. The van der Waals surface area contributed by atoms with E-state index in [2.05, 4.69) is 76.5 Å². The van der Waals surface area contributed by atoms with Crippen molar-refractivity contribution in [1.29, 1.82) is 0 Å². The standard InChI is InChI=1S/C22H32N6/c1-5-23-22(24-12-8-14-28-17(3)15-16(2)27-28)25-13-11-19-18(4)26-21-10-7-6-9-20(19)21/h6-7,9-10,15,26H,5,8,11-14H2,1-4H3,(H2,23,24,25). The number of aromatic amines is 1. The first-order chi connectivity index (χ1) is 13.6. The molecule has 0 aliphatic rings. The summed E-state index contributed by atoms with van der Waals surface area (Å²) in [6, 6.07) is 10.6. The number of hydrogen-bond donors (Lipinski definition) is 3. The van der Waals surface area contributed by atoms with E-state index in [1.165, 1.54) is 27.9 Å². The van der Waals surface area contributed by atoms with Gasteiger partial charge in [-0.25, -0.2) is 0 Å². The molecule has 1 aromatic carbocycles. The zero-order chi connectivity index (χ0) is 19.9. The molecule has 3 N–H and O–H groups in total. The maximum Gasteiger partial charge on any atom is 0.191 e. The van der Waals surface area contributed by atoms with Crippen molar-refractivity contribution in [2.45, 2.75) is 47.1 Å². The number of nitrogens with one attached hydrogen (secondary N) is 3. The molecule has 0 saturated carbocycles. The number of guanidine groups is 1. The number of rotatable bonds is 8. The maximum absolute atomic E-state index is 4.71. The molecule has 0 atom stereocenters. The topological polar surface area (TPSA) is 70.0 Å². The number of fused-ring (bicyclic) bond motifs is 1. The van der Waals surface area contributed by atoms with Crippen LogP contribution in [0.5, 0.6) is 0 Å². The van der Waals surface area contributed by atoms with Gasteiger partial charge in [0.1, 0.15) is 0 Å². The minimum Gasteiger partial charge on any atom is -0.358 e. The Morgan fingerprint density at radius 3 is 2.75 bits per heavy atom. The van der Waals surface area contributed by atoms with E-state index in [9.17, 15) is 0 Å². The Morgan fingerprint density at radius 1 is 1.18 bits per heavy atom. The van der Waals surface area contributed by atoms with Gasteiger partial charge in [-0.1, -0.05) is 18.2 Å². The number of benzene rings is 1. The van der Waals surface area contributed by atoms with Gasteiger partial charge in [0.15, 0.2) is 5.96 Å². The average Bonchev–Trinajstić information content (AvgIpc) is 3.16. The highest BCUT2D eigenvalue weighted by atomic mass is 15.3. The molecule has 6 heteroatoms. The molecule has 0 unspecified atom stereocenters. The summed E-state index contributed by atoms with van der Waals surface area (Å²) < 4.78 is 2.06. The van der Waals surface area contributed by atoms with Crippen LogP contribution >= 0.6 is 0 Å². The summed E-state index contributed by atoms with van der Waals surface area (Å²) in [7, 11) is 0. The molecule has 0 aliphatic carbocycles. The second-order valence-electron chi connectivity index (χ2n) is 7.22. The van der Waals surface area contributed by atoms with E-state index < -0.39 is 0 Å². The van der Waals surface area contributed by atoms with Crippen LogP contribution < -0.4 is 10.6 Å². The minimum atomic E-state index is 0.778. The predicted molar refractivity (Wildman–Crippen MR) is 117 cm³/mol. The average molecular weight is 381 g/mol. The van der Waals surface area contributed by atoms with E-state index in [4.69, 9.17) is 4.99 Å². The van der Waals surface area contributed by atoms with Crippen molar-refractivity contribution in [3.05, 3.63) is 53.0 Å². The van der Waals surface area contributed by atoms with Gasteiger partial charge in [-0.15, -0.1) is 0 Å². The molecule has 2 heterocycles. The summed E-state index contributed by atoms with van der Waals surface area (Å²) >= 11 is 0. The van der Waals surface area contributed by atoms with Gasteiger partial charge in [-0.2, -0.15) is 5.10 Å². The van der Waals surface area contributed by atoms with Crippen molar-refractivity contribution in [2.24, 2.45) is 4.99 Å². The number of aliphatic imine (C=N–C) groups is 1. The molecule has 0 bridgehead atoms.